The highest BCUT2D eigenvalue weighted by molar-refractivity contribution is 14.1. The Morgan fingerprint density at radius 2 is 1.76 bits per heavy atom. The van der Waals surface area contributed by atoms with E-state index in [1.807, 2.05) is 31.2 Å². The predicted molar refractivity (Wildman–Crippen MR) is 120 cm³/mol. The third-order valence-corrected chi connectivity index (χ3v) is 5.52. The molecule has 1 aliphatic carbocycles. The zero-order valence-electron chi connectivity index (χ0n) is 15.8. The molecule has 1 heterocycles. The Balaban J connectivity index is 1.58. The summed E-state index contributed by atoms with van der Waals surface area (Å²) in [6, 6.07) is 13.6. The van der Waals surface area contributed by atoms with E-state index in [0.717, 1.165) is 51.1 Å². The van der Waals surface area contributed by atoms with Gasteiger partial charge >= 0.3 is 0 Å². The molecule has 2 aromatic carbocycles. The van der Waals surface area contributed by atoms with E-state index in [9.17, 15) is 9.18 Å². The van der Waals surface area contributed by atoms with Gasteiger partial charge in [-0.3, -0.25) is 10.2 Å². The number of nitrogens with one attached hydrogen (secondary N) is 2. The van der Waals surface area contributed by atoms with Crippen LogP contribution in [0.2, 0.25) is 0 Å². The van der Waals surface area contributed by atoms with Gasteiger partial charge in [0.1, 0.15) is 11.6 Å². The van der Waals surface area contributed by atoms with Crippen LogP contribution in [0, 0.1) is 16.3 Å². The fourth-order valence-electron chi connectivity index (χ4n) is 3.37. The molecule has 0 spiro atoms. The molecule has 5 nitrogen and oxygen atoms in total. The third kappa shape index (κ3) is 4.34. The molecule has 1 amide bonds. The number of nitrogens with zero attached hydrogens (tertiary/aromatic N) is 1. The fourth-order valence-corrected chi connectivity index (χ4v) is 3.73. The van der Waals surface area contributed by atoms with E-state index in [0.29, 0.717) is 11.4 Å². The van der Waals surface area contributed by atoms with Gasteiger partial charge in [0.15, 0.2) is 5.76 Å². The van der Waals surface area contributed by atoms with Crippen molar-refractivity contribution in [3.8, 4) is 0 Å². The maximum absolute atomic E-state index is 13.1. The molecule has 3 aromatic rings. The molecule has 0 radical (unpaired) electrons. The second-order valence-electron chi connectivity index (χ2n) is 6.85. The minimum atomic E-state index is -0.294. The average molecular weight is 503 g/mol. The van der Waals surface area contributed by atoms with E-state index in [1.165, 1.54) is 12.1 Å². The Morgan fingerprint density at radius 1 is 1.07 bits per heavy atom. The first-order chi connectivity index (χ1) is 14.0. The zero-order chi connectivity index (χ0) is 20.4. The van der Waals surface area contributed by atoms with Gasteiger partial charge < -0.3 is 9.73 Å². The lowest BCUT2D eigenvalue weighted by Crippen LogP contribution is -2.14. The average Bonchev–Trinajstić information content (AvgIpc) is 3.07. The Hall–Kier alpha value is -2.68. The first-order valence-electron chi connectivity index (χ1n) is 9.29. The summed E-state index contributed by atoms with van der Waals surface area (Å²) in [6.45, 7) is 1.88. The maximum Gasteiger partial charge on any atom is 0.291 e. The molecular formula is C22H19FIN3O2. The number of furan rings is 1. The van der Waals surface area contributed by atoms with Crippen LogP contribution in [0.15, 0.2) is 58.0 Å². The number of hydrogen-bond acceptors (Lipinski definition) is 4. The number of hydrazone groups is 1. The van der Waals surface area contributed by atoms with Gasteiger partial charge in [-0.2, -0.15) is 5.10 Å². The molecule has 0 saturated carbocycles. The maximum atomic E-state index is 13.1. The molecule has 148 valence electrons. The number of fused-ring (bicyclic) bond motifs is 1. The molecule has 0 fully saturated rings. The molecule has 0 saturated heterocycles. The number of carbonyl (C=O) groups excluding carboxylic acids is 1. The van der Waals surface area contributed by atoms with Crippen LogP contribution in [-0.4, -0.2) is 11.6 Å². The molecule has 2 N–H and O–H groups in total. The zero-order valence-corrected chi connectivity index (χ0v) is 17.9. The first kappa shape index (κ1) is 19.6. The summed E-state index contributed by atoms with van der Waals surface area (Å²) >= 11 is 2.22. The Bertz CT molecular complexity index is 1070. The summed E-state index contributed by atoms with van der Waals surface area (Å²) in [5.74, 6) is 0.521. The number of amides is 1. The van der Waals surface area contributed by atoms with Crippen LogP contribution in [-0.2, 0) is 6.42 Å². The highest BCUT2D eigenvalue weighted by atomic mass is 127. The summed E-state index contributed by atoms with van der Waals surface area (Å²) in [5.41, 5.74) is 6.89. The number of benzene rings is 2. The van der Waals surface area contributed by atoms with Crippen molar-refractivity contribution in [1.82, 2.24) is 0 Å². The van der Waals surface area contributed by atoms with Crippen molar-refractivity contribution < 1.29 is 13.6 Å². The van der Waals surface area contributed by atoms with Gasteiger partial charge in [-0.25, -0.2) is 4.39 Å². The van der Waals surface area contributed by atoms with Crippen molar-refractivity contribution in [3.05, 3.63) is 80.6 Å². The second-order valence-corrected chi connectivity index (χ2v) is 8.09. The monoisotopic (exact) mass is 503 g/mol. The van der Waals surface area contributed by atoms with Crippen LogP contribution in [0.1, 0.15) is 40.3 Å². The summed E-state index contributed by atoms with van der Waals surface area (Å²) in [5, 5.41) is 7.39. The lowest BCUT2D eigenvalue weighted by atomic mass is 9.93. The van der Waals surface area contributed by atoms with Crippen LogP contribution in [0.5, 0.6) is 0 Å². The minimum Gasteiger partial charge on any atom is -0.455 e. The smallest absolute Gasteiger partial charge is 0.291 e. The second kappa shape index (κ2) is 8.36. The summed E-state index contributed by atoms with van der Waals surface area (Å²) in [7, 11) is 0. The van der Waals surface area contributed by atoms with E-state index < -0.39 is 0 Å². The standard InChI is InChI=1S/C22H19FIN3O2/c1-13-20-18(27-26-17-9-5-14(23)6-10-17)3-2-4-19(20)29-21(13)22(28)25-16-11-7-15(24)8-12-16/h5-12,26H,2-4H2,1H3,(H,25,28)/b27-18+. The third-order valence-electron chi connectivity index (χ3n) is 4.80. The summed E-state index contributed by atoms with van der Waals surface area (Å²) in [4.78, 5) is 12.8. The van der Waals surface area contributed by atoms with Crippen LogP contribution < -0.4 is 10.7 Å². The number of aryl methyl sites for hydroxylation is 1. The number of carbonyl (C=O) groups is 1. The SMILES string of the molecule is Cc1c(C(=O)Nc2ccc(I)cc2)oc2c1/C(=N/Nc1ccc(F)cc1)CCC2. The number of halogens is 2. The Labute approximate surface area is 181 Å². The molecule has 0 aliphatic heterocycles. The number of hydrogen-bond donors (Lipinski definition) is 2. The van der Waals surface area contributed by atoms with Crippen LogP contribution in [0.4, 0.5) is 15.8 Å². The minimum absolute atomic E-state index is 0.274. The number of rotatable bonds is 4. The Kier molecular flexibility index (Phi) is 5.66. The van der Waals surface area contributed by atoms with Crippen molar-refractivity contribution in [2.75, 3.05) is 10.7 Å². The van der Waals surface area contributed by atoms with E-state index in [-0.39, 0.29) is 11.7 Å². The van der Waals surface area contributed by atoms with E-state index in [2.05, 4.69) is 38.4 Å². The van der Waals surface area contributed by atoms with Gasteiger partial charge in [0.25, 0.3) is 5.91 Å². The summed E-state index contributed by atoms with van der Waals surface area (Å²) < 4.78 is 20.1. The molecule has 29 heavy (non-hydrogen) atoms. The van der Waals surface area contributed by atoms with Gasteiger partial charge in [0.05, 0.1) is 11.4 Å². The molecule has 7 heteroatoms. The Morgan fingerprint density at radius 3 is 2.48 bits per heavy atom. The van der Waals surface area contributed by atoms with E-state index >= 15 is 0 Å². The molecule has 0 bridgehead atoms. The molecule has 1 aliphatic rings. The lowest BCUT2D eigenvalue weighted by Gasteiger charge is -2.13. The van der Waals surface area contributed by atoms with Crippen LogP contribution >= 0.6 is 22.6 Å². The van der Waals surface area contributed by atoms with Gasteiger partial charge in [-0.05, 0) is 90.9 Å². The highest BCUT2D eigenvalue weighted by Crippen LogP contribution is 2.30. The van der Waals surface area contributed by atoms with Gasteiger partial charge in [-0.15, -0.1) is 0 Å². The van der Waals surface area contributed by atoms with Crippen molar-refractivity contribution in [1.29, 1.82) is 0 Å². The quantitative estimate of drug-likeness (QED) is 0.353. The van der Waals surface area contributed by atoms with E-state index in [1.54, 1.807) is 12.1 Å². The fraction of sp³-hybridized carbons (Fsp3) is 0.182. The normalized spacial score (nSPS) is 14.5. The van der Waals surface area contributed by atoms with Crippen molar-refractivity contribution in [3.63, 3.8) is 0 Å². The van der Waals surface area contributed by atoms with Crippen LogP contribution in [0.25, 0.3) is 0 Å². The largest absolute Gasteiger partial charge is 0.455 e. The van der Waals surface area contributed by atoms with Gasteiger partial charge in [-0.1, -0.05) is 0 Å². The molecule has 0 atom stereocenters. The molecular weight excluding hydrogens is 484 g/mol. The summed E-state index contributed by atoms with van der Waals surface area (Å²) in [6.07, 6.45) is 2.43. The molecule has 0 unspecified atom stereocenters. The molecule has 1 aromatic heterocycles. The van der Waals surface area contributed by atoms with Crippen molar-refractivity contribution >= 4 is 45.6 Å². The van der Waals surface area contributed by atoms with Crippen molar-refractivity contribution in [2.24, 2.45) is 5.10 Å². The topological polar surface area (TPSA) is 66.6 Å². The van der Waals surface area contributed by atoms with Crippen LogP contribution in [0.3, 0.4) is 0 Å². The van der Waals surface area contributed by atoms with E-state index in [4.69, 9.17) is 4.42 Å². The van der Waals surface area contributed by atoms with Gasteiger partial charge in [0.2, 0.25) is 0 Å². The highest BCUT2D eigenvalue weighted by Gasteiger charge is 2.28. The molecule has 4 rings (SSSR count). The van der Waals surface area contributed by atoms with Crippen molar-refractivity contribution in [2.45, 2.75) is 26.2 Å². The van der Waals surface area contributed by atoms with Gasteiger partial charge in [0, 0.05) is 26.8 Å². The first-order valence-corrected chi connectivity index (χ1v) is 10.4. The lowest BCUT2D eigenvalue weighted by molar-refractivity contribution is 0.0994. The number of anilines is 2. The predicted octanol–water partition coefficient (Wildman–Crippen LogP) is 5.74.